The molecule has 8 heteroatoms. The van der Waals surface area contributed by atoms with Crippen molar-refractivity contribution in [1.29, 1.82) is 0 Å². The Morgan fingerprint density at radius 3 is 2.96 bits per heavy atom. The molecule has 2 aromatic heterocycles. The van der Waals surface area contributed by atoms with E-state index < -0.39 is 0 Å². The van der Waals surface area contributed by atoms with Gasteiger partial charge in [-0.2, -0.15) is 5.10 Å². The first-order valence-corrected chi connectivity index (χ1v) is 9.32. The predicted octanol–water partition coefficient (Wildman–Crippen LogP) is 1.56. The number of rotatable bonds is 6. The number of thiazole rings is 1. The summed E-state index contributed by atoms with van der Waals surface area (Å²) in [4.78, 5) is 25.3. The van der Waals surface area contributed by atoms with Crippen molar-refractivity contribution in [2.45, 2.75) is 39.3 Å². The number of carbonyl (C=O) groups excluding carboxylic acids is 1. The summed E-state index contributed by atoms with van der Waals surface area (Å²) in [5.74, 6) is 0.252. The zero-order chi connectivity index (χ0) is 16.8. The van der Waals surface area contributed by atoms with E-state index in [0.717, 1.165) is 57.8 Å². The molecular weight excluding hydrogens is 324 g/mol. The molecular formula is C16H24N6OS. The third kappa shape index (κ3) is 4.85. The number of hydrogen-bond donors (Lipinski definition) is 0. The van der Waals surface area contributed by atoms with E-state index in [9.17, 15) is 4.79 Å². The van der Waals surface area contributed by atoms with E-state index in [1.807, 2.05) is 11.8 Å². The van der Waals surface area contributed by atoms with Gasteiger partial charge in [-0.3, -0.25) is 14.4 Å². The van der Waals surface area contributed by atoms with E-state index in [2.05, 4.69) is 25.3 Å². The molecule has 1 aliphatic heterocycles. The van der Waals surface area contributed by atoms with Crippen LogP contribution in [0.2, 0.25) is 0 Å². The largest absolute Gasteiger partial charge is 0.341 e. The molecule has 0 unspecified atom stereocenters. The highest BCUT2D eigenvalue weighted by atomic mass is 32.1. The molecule has 3 heterocycles. The molecule has 1 saturated heterocycles. The quantitative estimate of drug-likeness (QED) is 0.792. The van der Waals surface area contributed by atoms with Crippen LogP contribution < -0.4 is 0 Å². The molecule has 1 fully saturated rings. The van der Waals surface area contributed by atoms with E-state index in [1.165, 1.54) is 11.3 Å². The molecule has 7 nitrogen and oxygen atoms in total. The number of aryl methyl sites for hydroxylation is 2. The zero-order valence-corrected chi connectivity index (χ0v) is 14.9. The van der Waals surface area contributed by atoms with Crippen molar-refractivity contribution < 1.29 is 4.79 Å². The summed E-state index contributed by atoms with van der Waals surface area (Å²) in [5, 5.41) is 7.32. The van der Waals surface area contributed by atoms with Gasteiger partial charge >= 0.3 is 0 Å². The molecule has 0 spiro atoms. The van der Waals surface area contributed by atoms with Crippen LogP contribution in [0.4, 0.5) is 0 Å². The zero-order valence-electron chi connectivity index (χ0n) is 14.1. The van der Waals surface area contributed by atoms with Crippen molar-refractivity contribution in [1.82, 2.24) is 29.5 Å². The van der Waals surface area contributed by atoms with Crippen LogP contribution in [0.25, 0.3) is 0 Å². The van der Waals surface area contributed by atoms with Crippen molar-refractivity contribution in [3.05, 3.63) is 28.7 Å². The minimum absolute atomic E-state index is 0.252. The van der Waals surface area contributed by atoms with Crippen molar-refractivity contribution >= 4 is 17.2 Å². The summed E-state index contributed by atoms with van der Waals surface area (Å²) in [6, 6.07) is 0. The Morgan fingerprint density at radius 1 is 1.29 bits per heavy atom. The van der Waals surface area contributed by atoms with Gasteiger partial charge in [0, 0.05) is 50.2 Å². The number of hydrogen-bond acceptors (Lipinski definition) is 6. The molecule has 0 radical (unpaired) electrons. The summed E-state index contributed by atoms with van der Waals surface area (Å²) in [6.45, 7) is 7.29. The fourth-order valence-corrected chi connectivity index (χ4v) is 3.76. The highest BCUT2D eigenvalue weighted by Crippen LogP contribution is 2.14. The highest BCUT2D eigenvalue weighted by molar-refractivity contribution is 7.09. The van der Waals surface area contributed by atoms with Crippen molar-refractivity contribution in [2.75, 3.05) is 26.2 Å². The maximum absolute atomic E-state index is 12.4. The Morgan fingerprint density at radius 2 is 2.21 bits per heavy atom. The van der Waals surface area contributed by atoms with Crippen molar-refractivity contribution in [2.24, 2.45) is 0 Å². The van der Waals surface area contributed by atoms with E-state index in [1.54, 1.807) is 22.3 Å². The molecule has 2 aromatic rings. The molecule has 3 rings (SSSR count). The summed E-state index contributed by atoms with van der Waals surface area (Å²) < 4.78 is 1.77. The lowest BCUT2D eigenvalue weighted by Gasteiger charge is -2.21. The fourth-order valence-electron chi connectivity index (χ4n) is 2.94. The first-order chi connectivity index (χ1) is 11.7. The van der Waals surface area contributed by atoms with Crippen LogP contribution in [0, 0.1) is 6.92 Å². The van der Waals surface area contributed by atoms with Gasteiger partial charge in [0.25, 0.3) is 0 Å². The molecule has 0 saturated carbocycles. The van der Waals surface area contributed by atoms with Gasteiger partial charge in [-0.1, -0.05) is 0 Å². The summed E-state index contributed by atoms with van der Waals surface area (Å²) in [5.41, 5.74) is 1.09. The third-order valence-corrected chi connectivity index (χ3v) is 5.16. The van der Waals surface area contributed by atoms with Gasteiger partial charge in [0.05, 0.1) is 6.54 Å². The normalized spacial score (nSPS) is 16.3. The van der Waals surface area contributed by atoms with Gasteiger partial charge in [0.15, 0.2) is 0 Å². The Balaban J connectivity index is 1.41. The third-order valence-electron chi connectivity index (χ3n) is 4.21. The standard InChI is InChI=1S/C16H24N6OS/c1-14-11-24-15(19-14)10-20-5-3-6-21(9-8-20)16(23)4-2-7-22-13-17-12-18-22/h11-13H,2-10H2,1H3. The van der Waals surface area contributed by atoms with E-state index in [0.29, 0.717) is 6.42 Å². The van der Waals surface area contributed by atoms with Gasteiger partial charge in [-0.15, -0.1) is 11.3 Å². The maximum atomic E-state index is 12.4. The molecule has 0 N–H and O–H groups in total. The molecule has 0 aromatic carbocycles. The minimum atomic E-state index is 0.252. The SMILES string of the molecule is Cc1csc(CN2CCCN(C(=O)CCCn3cncn3)CC2)n1. The monoisotopic (exact) mass is 348 g/mol. The Hall–Kier alpha value is -1.80. The van der Waals surface area contributed by atoms with E-state index >= 15 is 0 Å². The van der Waals surface area contributed by atoms with Gasteiger partial charge < -0.3 is 4.90 Å². The van der Waals surface area contributed by atoms with Crippen LogP contribution in [0.15, 0.2) is 18.0 Å². The number of amides is 1. The molecule has 0 bridgehead atoms. The number of nitrogens with zero attached hydrogens (tertiary/aromatic N) is 6. The molecule has 130 valence electrons. The van der Waals surface area contributed by atoms with Crippen LogP contribution in [-0.4, -0.2) is 61.6 Å². The molecule has 24 heavy (non-hydrogen) atoms. The Kier molecular flexibility index (Phi) is 5.92. The fraction of sp³-hybridized carbons (Fsp3) is 0.625. The minimum Gasteiger partial charge on any atom is -0.341 e. The second kappa shape index (κ2) is 8.34. The van der Waals surface area contributed by atoms with Gasteiger partial charge in [0.2, 0.25) is 5.91 Å². The van der Waals surface area contributed by atoms with Crippen LogP contribution in [0.1, 0.15) is 30.0 Å². The lowest BCUT2D eigenvalue weighted by molar-refractivity contribution is -0.131. The Bertz CT molecular complexity index is 641. The average Bonchev–Trinajstić information content (AvgIpc) is 3.15. The van der Waals surface area contributed by atoms with Gasteiger partial charge in [0.1, 0.15) is 17.7 Å². The highest BCUT2D eigenvalue weighted by Gasteiger charge is 2.19. The molecule has 1 aliphatic rings. The van der Waals surface area contributed by atoms with Crippen LogP contribution >= 0.6 is 11.3 Å². The molecule has 0 aliphatic carbocycles. The van der Waals surface area contributed by atoms with Crippen LogP contribution in [0.5, 0.6) is 0 Å². The molecule has 1 amide bonds. The number of carbonyl (C=O) groups is 1. The summed E-state index contributed by atoms with van der Waals surface area (Å²) >= 11 is 1.72. The van der Waals surface area contributed by atoms with E-state index in [-0.39, 0.29) is 5.91 Å². The number of aromatic nitrogens is 4. The van der Waals surface area contributed by atoms with Crippen molar-refractivity contribution in [3.63, 3.8) is 0 Å². The summed E-state index contributed by atoms with van der Waals surface area (Å²) in [7, 11) is 0. The first-order valence-electron chi connectivity index (χ1n) is 8.44. The van der Waals surface area contributed by atoms with Gasteiger partial charge in [-0.05, 0) is 19.8 Å². The van der Waals surface area contributed by atoms with Crippen LogP contribution in [0.3, 0.4) is 0 Å². The topological polar surface area (TPSA) is 67.2 Å². The van der Waals surface area contributed by atoms with Crippen LogP contribution in [-0.2, 0) is 17.9 Å². The molecule has 0 atom stereocenters. The summed E-state index contributed by atoms with van der Waals surface area (Å²) in [6.07, 6.45) is 5.62. The maximum Gasteiger partial charge on any atom is 0.222 e. The van der Waals surface area contributed by atoms with E-state index in [4.69, 9.17) is 0 Å². The second-order valence-electron chi connectivity index (χ2n) is 6.16. The second-order valence-corrected chi connectivity index (χ2v) is 7.10. The lowest BCUT2D eigenvalue weighted by atomic mass is 10.2. The Labute approximate surface area is 146 Å². The van der Waals surface area contributed by atoms with Gasteiger partial charge in [-0.25, -0.2) is 9.97 Å². The predicted molar refractivity (Wildman–Crippen MR) is 92.6 cm³/mol. The average molecular weight is 348 g/mol. The smallest absolute Gasteiger partial charge is 0.222 e. The lowest BCUT2D eigenvalue weighted by Crippen LogP contribution is -2.35. The first kappa shape index (κ1) is 17.0. The van der Waals surface area contributed by atoms with Crippen molar-refractivity contribution in [3.8, 4) is 0 Å².